The molecule has 1 atom stereocenters. The Bertz CT molecular complexity index is 277. The van der Waals surface area contributed by atoms with E-state index in [-0.39, 0.29) is 30.0 Å². The Morgan fingerprint density at radius 3 is 2.47 bits per heavy atom. The average molecular weight is 242 g/mol. The Labute approximate surface area is 105 Å². The van der Waals surface area contributed by atoms with Gasteiger partial charge in [-0.2, -0.15) is 0 Å². The van der Waals surface area contributed by atoms with E-state index in [1.165, 1.54) is 0 Å². The minimum Gasteiger partial charge on any atom is -0.396 e. The number of carbonyl (C=O) groups excluding carboxylic acids is 1. The number of likely N-dealkylation sites (N-methyl/N-ethyl adjacent to an activating group) is 1. The van der Waals surface area contributed by atoms with E-state index in [1.807, 2.05) is 11.9 Å². The third-order valence-electron chi connectivity index (χ3n) is 3.40. The highest BCUT2D eigenvalue weighted by Crippen LogP contribution is 2.26. The van der Waals surface area contributed by atoms with E-state index in [1.54, 1.807) is 0 Å². The van der Waals surface area contributed by atoms with Crippen molar-refractivity contribution in [2.75, 3.05) is 26.7 Å². The largest absolute Gasteiger partial charge is 0.396 e. The van der Waals surface area contributed by atoms with Crippen LogP contribution in [0.3, 0.4) is 0 Å². The van der Waals surface area contributed by atoms with E-state index in [4.69, 9.17) is 5.11 Å². The van der Waals surface area contributed by atoms with E-state index < -0.39 is 0 Å². The quantitative estimate of drug-likeness (QED) is 0.801. The predicted molar refractivity (Wildman–Crippen MR) is 68.8 cm³/mol. The summed E-state index contributed by atoms with van der Waals surface area (Å²) in [6, 6.07) is 0.0404. The third kappa shape index (κ3) is 3.42. The highest BCUT2D eigenvalue weighted by atomic mass is 16.3. The van der Waals surface area contributed by atoms with Gasteiger partial charge in [-0.3, -0.25) is 9.69 Å². The first-order valence-electron chi connectivity index (χ1n) is 6.40. The van der Waals surface area contributed by atoms with Crippen molar-refractivity contribution in [3.8, 4) is 0 Å². The maximum absolute atomic E-state index is 12.4. The lowest BCUT2D eigenvalue weighted by molar-refractivity contribution is -0.137. The molecule has 0 spiro atoms. The normalized spacial score (nSPS) is 26.4. The first-order chi connectivity index (χ1) is 7.78. The summed E-state index contributed by atoms with van der Waals surface area (Å²) in [5.74, 6) is 0.155. The lowest BCUT2D eigenvalue weighted by Crippen LogP contribution is -2.47. The number of hydrogen-bond acceptors (Lipinski definition) is 3. The summed E-state index contributed by atoms with van der Waals surface area (Å²) in [5, 5.41) is 9.10. The van der Waals surface area contributed by atoms with Crippen LogP contribution in [0.4, 0.5) is 0 Å². The van der Waals surface area contributed by atoms with Crippen LogP contribution in [0.2, 0.25) is 0 Å². The van der Waals surface area contributed by atoms with Crippen molar-refractivity contribution in [3.63, 3.8) is 0 Å². The standard InChI is InChI=1S/C13H26N2O2/c1-10(2)15-9-13(3,4)8-14(5)11(6-7-16)12(15)17/h10-11,16H,6-9H2,1-5H3. The molecule has 0 aromatic carbocycles. The summed E-state index contributed by atoms with van der Waals surface area (Å²) in [6.07, 6.45) is 0.522. The Morgan fingerprint density at radius 2 is 2.00 bits per heavy atom. The van der Waals surface area contributed by atoms with Gasteiger partial charge in [-0.25, -0.2) is 0 Å². The molecule has 1 fully saturated rings. The minimum atomic E-state index is -0.177. The van der Waals surface area contributed by atoms with Crippen molar-refractivity contribution < 1.29 is 9.90 Å². The van der Waals surface area contributed by atoms with Gasteiger partial charge in [-0.15, -0.1) is 0 Å². The van der Waals surface area contributed by atoms with Crippen LogP contribution in [-0.2, 0) is 4.79 Å². The van der Waals surface area contributed by atoms with Crippen molar-refractivity contribution in [2.45, 2.75) is 46.2 Å². The van der Waals surface area contributed by atoms with Crippen molar-refractivity contribution in [2.24, 2.45) is 5.41 Å². The number of aliphatic hydroxyl groups is 1. The molecule has 1 amide bonds. The van der Waals surface area contributed by atoms with Crippen LogP contribution in [0.25, 0.3) is 0 Å². The Morgan fingerprint density at radius 1 is 1.41 bits per heavy atom. The summed E-state index contributed by atoms with van der Waals surface area (Å²) in [6.45, 7) is 10.2. The summed E-state index contributed by atoms with van der Waals surface area (Å²) >= 11 is 0. The molecule has 17 heavy (non-hydrogen) atoms. The smallest absolute Gasteiger partial charge is 0.240 e. The lowest BCUT2D eigenvalue weighted by Gasteiger charge is -2.32. The molecule has 0 aromatic heterocycles. The van der Waals surface area contributed by atoms with Gasteiger partial charge in [-0.05, 0) is 32.7 Å². The molecule has 0 bridgehead atoms. The van der Waals surface area contributed by atoms with Crippen molar-refractivity contribution in [1.29, 1.82) is 0 Å². The molecule has 1 unspecified atom stereocenters. The maximum atomic E-state index is 12.4. The summed E-state index contributed by atoms with van der Waals surface area (Å²) in [7, 11) is 1.98. The number of carbonyl (C=O) groups is 1. The zero-order valence-corrected chi connectivity index (χ0v) is 11.7. The van der Waals surface area contributed by atoms with Gasteiger partial charge in [0.15, 0.2) is 0 Å². The molecule has 1 aliphatic heterocycles. The molecule has 0 radical (unpaired) electrons. The van der Waals surface area contributed by atoms with Crippen LogP contribution >= 0.6 is 0 Å². The first-order valence-corrected chi connectivity index (χ1v) is 6.40. The molecular formula is C13H26N2O2. The molecule has 1 aliphatic rings. The second-order valence-corrected chi connectivity index (χ2v) is 6.17. The molecule has 1 saturated heterocycles. The molecule has 100 valence electrons. The third-order valence-corrected chi connectivity index (χ3v) is 3.40. The number of rotatable bonds is 3. The van der Waals surface area contributed by atoms with Gasteiger partial charge in [0.2, 0.25) is 5.91 Å². The highest BCUT2D eigenvalue weighted by molar-refractivity contribution is 5.82. The number of aliphatic hydroxyl groups excluding tert-OH is 1. The van der Waals surface area contributed by atoms with Gasteiger partial charge in [-0.1, -0.05) is 13.8 Å². The molecule has 0 saturated carbocycles. The monoisotopic (exact) mass is 242 g/mol. The second kappa shape index (κ2) is 5.36. The number of hydrogen-bond donors (Lipinski definition) is 1. The maximum Gasteiger partial charge on any atom is 0.240 e. The molecule has 0 aliphatic carbocycles. The fourth-order valence-electron chi connectivity index (χ4n) is 2.66. The van der Waals surface area contributed by atoms with Crippen molar-refractivity contribution in [3.05, 3.63) is 0 Å². The van der Waals surface area contributed by atoms with E-state index in [0.29, 0.717) is 6.42 Å². The topological polar surface area (TPSA) is 43.8 Å². The van der Waals surface area contributed by atoms with Crippen LogP contribution < -0.4 is 0 Å². The van der Waals surface area contributed by atoms with Gasteiger partial charge < -0.3 is 10.0 Å². The second-order valence-electron chi connectivity index (χ2n) is 6.17. The van der Waals surface area contributed by atoms with Gasteiger partial charge in [0.25, 0.3) is 0 Å². The van der Waals surface area contributed by atoms with Crippen LogP contribution in [0.15, 0.2) is 0 Å². The van der Waals surface area contributed by atoms with Gasteiger partial charge in [0.05, 0.1) is 6.04 Å². The zero-order valence-electron chi connectivity index (χ0n) is 11.7. The molecular weight excluding hydrogens is 216 g/mol. The molecule has 4 heteroatoms. The SMILES string of the molecule is CC(C)N1CC(C)(C)CN(C)C(CCO)C1=O. The van der Waals surface area contributed by atoms with Crippen LogP contribution in [0.5, 0.6) is 0 Å². The summed E-state index contributed by atoms with van der Waals surface area (Å²) < 4.78 is 0. The summed E-state index contributed by atoms with van der Waals surface area (Å²) in [5.41, 5.74) is 0.0961. The Kier molecular flexibility index (Phi) is 4.55. The Hall–Kier alpha value is -0.610. The zero-order chi connectivity index (χ0) is 13.2. The minimum absolute atomic E-state index is 0.0626. The fourth-order valence-corrected chi connectivity index (χ4v) is 2.66. The molecule has 0 aromatic rings. The van der Waals surface area contributed by atoms with Gasteiger partial charge >= 0.3 is 0 Å². The first kappa shape index (κ1) is 14.5. The molecule has 1 N–H and O–H groups in total. The molecule has 4 nitrogen and oxygen atoms in total. The molecule has 1 heterocycles. The molecule has 1 rings (SSSR count). The summed E-state index contributed by atoms with van der Waals surface area (Å²) in [4.78, 5) is 16.5. The lowest BCUT2D eigenvalue weighted by atomic mass is 9.92. The van der Waals surface area contributed by atoms with E-state index in [9.17, 15) is 4.79 Å². The van der Waals surface area contributed by atoms with Gasteiger partial charge in [0.1, 0.15) is 0 Å². The van der Waals surface area contributed by atoms with Crippen LogP contribution in [0, 0.1) is 5.41 Å². The van der Waals surface area contributed by atoms with E-state index in [2.05, 4.69) is 32.6 Å². The van der Waals surface area contributed by atoms with Crippen molar-refractivity contribution in [1.82, 2.24) is 9.80 Å². The van der Waals surface area contributed by atoms with E-state index >= 15 is 0 Å². The van der Waals surface area contributed by atoms with Gasteiger partial charge in [0, 0.05) is 25.7 Å². The highest BCUT2D eigenvalue weighted by Gasteiger charge is 2.38. The number of nitrogens with zero attached hydrogens (tertiary/aromatic N) is 2. The fraction of sp³-hybridized carbons (Fsp3) is 0.923. The number of amides is 1. The average Bonchev–Trinajstić information content (AvgIpc) is 2.27. The van der Waals surface area contributed by atoms with Crippen LogP contribution in [0.1, 0.15) is 34.1 Å². The van der Waals surface area contributed by atoms with Crippen LogP contribution in [-0.4, -0.2) is 59.6 Å². The van der Waals surface area contributed by atoms with E-state index in [0.717, 1.165) is 13.1 Å². The van der Waals surface area contributed by atoms with Crippen molar-refractivity contribution >= 4 is 5.91 Å². The predicted octanol–water partition coefficient (Wildman–Crippen LogP) is 0.946. The Balaban J connectivity index is 2.97.